The maximum atomic E-state index is 5.66. The van der Waals surface area contributed by atoms with Crippen LogP contribution in [0.3, 0.4) is 0 Å². The van der Waals surface area contributed by atoms with Crippen molar-refractivity contribution in [2.24, 2.45) is 5.92 Å². The number of nitrogens with zero attached hydrogens (tertiary/aromatic N) is 1. The maximum Gasteiger partial charge on any atom is 0.142 e. The molecule has 0 aliphatic heterocycles. The van der Waals surface area contributed by atoms with Crippen LogP contribution in [0, 0.1) is 12.8 Å². The van der Waals surface area contributed by atoms with E-state index in [9.17, 15) is 0 Å². The van der Waals surface area contributed by atoms with Crippen LogP contribution in [-0.2, 0) is 0 Å². The van der Waals surface area contributed by atoms with Gasteiger partial charge < -0.3 is 11.1 Å². The zero-order valence-corrected chi connectivity index (χ0v) is 8.82. The number of nitrogens with one attached hydrogen (secondary N) is 1. The Balaban J connectivity index is 1.98. The van der Waals surface area contributed by atoms with Crippen LogP contribution in [0.1, 0.15) is 25.3 Å². The smallest absolute Gasteiger partial charge is 0.142 e. The number of anilines is 2. The van der Waals surface area contributed by atoms with Crippen molar-refractivity contribution in [2.75, 3.05) is 11.1 Å². The fourth-order valence-electron chi connectivity index (χ4n) is 1.69. The molecule has 0 amide bonds. The van der Waals surface area contributed by atoms with Crippen LogP contribution >= 0.6 is 11.5 Å². The number of hydrogen-bond donors (Lipinski definition) is 2. The Morgan fingerprint density at radius 1 is 1.54 bits per heavy atom. The number of rotatable bonds is 2. The first-order chi connectivity index (χ1) is 6.16. The molecule has 0 saturated heterocycles. The molecular formula is C9H15N3S. The molecule has 72 valence electrons. The van der Waals surface area contributed by atoms with E-state index in [-0.39, 0.29) is 0 Å². The number of aromatic nitrogens is 1. The minimum absolute atomic E-state index is 0.647. The minimum Gasteiger partial charge on any atom is -0.383 e. The van der Waals surface area contributed by atoms with E-state index in [2.05, 4.69) is 16.6 Å². The summed E-state index contributed by atoms with van der Waals surface area (Å²) in [5, 5.41) is 4.62. The Hall–Kier alpha value is -0.770. The summed E-state index contributed by atoms with van der Waals surface area (Å²) in [4.78, 5) is 0. The molecule has 2 rings (SSSR count). The molecular weight excluding hydrogens is 182 g/mol. The van der Waals surface area contributed by atoms with Gasteiger partial charge >= 0.3 is 0 Å². The standard InChI is InChI=1S/C9H15N3S/c1-5-3-7(4-5)11-9-6(2)8(10)12-13-9/h5,7,11H,3-4H2,1-2H3,(H2,10,12). The molecule has 1 fully saturated rings. The Morgan fingerprint density at radius 3 is 2.69 bits per heavy atom. The Bertz CT molecular complexity index is 302. The van der Waals surface area contributed by atoms with Crippen LogP contribution in [0.25, 0.3) is 0 Å². The average Bonchev–Trinajstić information content (AvgIpc) is 2.33. The fraction of sp³-hybridized carbons (Fsp3) is 0.667. The van der Waals surface area contributed by atoms with Crippen LogP contribution in [0.15, 0.2) is 0 Å². The van der Waals surface area contributed by atoms with Gasteiger partial charge in [-0.3, -0.25) is 0 Å². The van der Waals surface area contributed by atoms with Crippen molar-refractivity contribution in [3.05, 3.63) is 5.56 Å². The van der Waals surface area contributed by atoms with E-state index in [4.69, 9.17) is 5.73 Å². The van der Waals surface area contributed by atoms with Crippen molar-refractivity contribution in [2.45, 2.75) is 32.7 Å². The third-order valence-electron chi connectivity index (χ3n) is 2.67. The summed E-state index contributed by atoms with van der Waals surface area (Å²) in [5.41, 5.74) is 6.76. The van der Waals surface area contributed by atoms with Gasteiger partial charge in [0, 0.05) is 11.6 Å². The summed E-state index contributed by atoms with van der Waals surface area (Å²) in [7, 11) is 0. The molecule has 0 aromatic carbocycles. The molecule has 0 spiro atoms. The van der Waals surface area contributed by atoms with Crippen LogP contribution < -0.4 is 11.1 Å². The van der Waals surface area contributed by atoms with E-state index in [1.54, 1.807) is 0 Å². The molecule has 1 aliphatic carbocycles. The van der Waals surface area contributed by atoms with Crippen molar-refractivity contribution < 1.29 is 0 Å². The molecule has 0 unspecified atom stereocenters. The topological polar surface area (TPSA) is 50.9 Å². The second kappa shape index (κ2) is 3.18. The summed E-state index contributed by atoms with van der Waals surface area (Å²) in [6, 6.07) is 0.647. The largest absolute Gasteiger partial charge is 0.383 e. The Labute approximate surface area is 82.5 Å². The van der Waals surface area contributed by atoms with Crippen LogP contribution in [0.4, 0.5) is 10.8 Å². The highest BCUT2D eigenvalue weighted by Crippen LogP contribution is 2.33. The van der Waals surface area contributed by atoms with E-state index < -0.39 is 0 Å². The van der Waals surface area contributed by atoms with Crippen LogP contribution in [0.2, 0.25) is 0 Å². The van der Waals surface area contributed by atoms with E-state index in [1.165, 1.54) is 24.4 Å². The lowest BCUT2D eigenvalue weighted by molar-refractivity contribution is 0.309. The van der Waals surface area contributed by atoms with E-state index in [0.29, 0.717) is 11.9 Å². The van der Waals surface area contributed by atoms with E-state index in [1.807, 2.05) is 6.92 Å². The molecule has 4 heteroatoms. The Kier molecular flexibility index (Phi) is 2.15. The average molecular weight is 197 g/mol. The molecule has 0 atom stereocenters. The molecule has 13 heavy (non-hydrogen) atoms. The van der Waals surface area contributed by atoms with Crippen molar-refractivity contribution in [1.29, 1.82) is 0 Å². The molecule has 0 radical (unpaired) electrons. The van der Waals surface area contributed by atoms with Crippen LogP contribution in [0.5, 0.6) is 0 Å². The highest BCUT2D eigenvalue weighted by atomic mass is 32.1. The third kappa shape index (κ3) is 1.63. The number of nitrogens with two attached hydrogens (primary N) is 1. The molecule has 1 saturated carbocycles. The molecule has 0 bridgehead atoms. The fourth-order valence-corrected chi connectivity index (χ4v) is 2.48. The van der Waals surface area contributed by atoms with Crippen molar-refractivity contribution in [1.82, 2.24) is 4.37 Å². The van der Waals surface area contributed by atoms with Crippen molar-refractivity contribution in [3.63, 3.8) is 0 Å². The maximum absolute atomic E-state index is 5.66. The van der Waals surface area contributed by atoms with Gasteiger partial charge in [-0.15, -0.1) is 0 Å². The van der Waals surface area contributed by atoms with Gasteiger partial charge in [-0.05, 0) is 37.2 Å². The zero-order chi connectivity index (χ0) is 9.42. The lowest BCUT2D eigenvalue weighted by Gasteiger charge is -2.33. The number of nitrogen functional groups attached to an aromatic ring is 1. The predicted molar refractivity (Wildman–Crippen MR) is 57.1 cm³/mol. The lowest BCUT2D eigenvalue weighted by Crippen LogP contribution is -2.33. The lowest BCUT2D eigenvalue weighted by atomic mass is 9.82. The normalized spacial score (nSPS) is 26.9. The quantitative estimate of drug-likeness (QED) is 0.764. The summed E-state index contributed by atoms with van der Waals surface area (Å²) < 4.78 is 4.10. The van der Waals surface area contributed by atoms with Gasteiger partial charge in [-0.2, -0.15) is 4.37 Å². The van der Waals surface area contributed by atoms with Gasteiger partial charge in [0.05, 0.1) is 0 Å². The highest BCUT2D eigenvalue weighted by Gasteiger charge is 2.26. The molecule has 3 nitrogen and oxygen atoms in total. The third-order valence-corrected chi connectivity index (χ3v) is 3.56. The second-order valence-electron chi connectivity index (χ2n) is 3.94. The predicted octanol–water partition coefficient (Wildman–Crippen LogP) is 2.24. The monoisotopic (exact) mass is 197 g/mol. The highest BCUT2D eigenvalue weighted by molar-refractivity contribution is 7.10. The van der Waals surface area contributed by atoms with Crippen molar-refractivity contribution in [3.8, 4) is 0 Å². The van der Waals surface area contributed by atoms with Gasteiger partial charge in [-0.25, -0.2) is 0 Å². The van der Waals surface area contributed by atoms with Crippen molar-refractivity contribution >= 4 is 22.4 Å². The first kappa shape index (κ1) is 8.81. The van der Waals surface area contributed by atoms with E-state index in [0.717, 1.165) is 16.5 Å². The second-order valence-corrected chi connectivity index (χ2v) is 4.71. The summed E-state index contributed by atoms with van der Waals surface area (Å²) >= 11 is 1.47. The summed E-state index contributed by atoms with van der Waals surface area (Å²) in [5.74, 6) is 1.54. The first-order valence-electron chi connectivity index (χ1n) is 4.65. The molecule has 3 N–H and O–H groups in total. The van der Waals surface area contributed by atoms with Gasteiger partial charge in [0.2, 0.25) is 0 Å². The molecule has 1 heterocycles. The van der Waals surface area contributed by atoms with Gasteiger partial charge in [0.1, 0.15) is 10.8 Å². The van der Waals surface area contributed by atoms with Gasteiger partial charge in [0.15, 0.2) is 0 Å². The minimum atomic E-state index is 0.647. The number of hydrogen-bond acceptors (Lipinski definition) is 4. The SMILES string of the molecule is Cc1c(N)nsc1NC1CC(C)C1. The Morgan fingerprint density at radius 2 is 2.23 bits per heavy atom. The molecule has 1 aromatic heterocycles. The van der Waals surface area contributed by atoms with E-state index >= 15 is 0 Å². The molecule has 1 aromatic rings. The molecule has 1 aliphatic rings. The summed E-state index contributed by atoms with van der Waals surface area (Å²) in [6.45, 7) is 4.30. The van der Waals surface area contributed by atoms with Gasteiger partial charge in [-0.1, -0.05) is 6.92 Å². The van der Waals surface area contributed by atoms with Crippen LogP contribution in [-0.4, -0.2) is 10.4 Å². The first-order valence-corrected chi connectivity index (χ1v) is 5.42. The van der Waals surface area contributed by atoms with Gasteiger partial charge in [0.25, 0.3) is 0 Å². The zero-order valence-electron chi connectivity index (χ0n) is 8.00. The summed E-state index contributed by atoms with van der Waals surface area (Å²) in [6.07, 6.45) is 2.55.